The summed E-state index contributed by atoms with van der Waals surface area (Å²) in [6.45, 7) is 8.62. The Bertz CT molecular complexity index is 379. The van der Waals surface area contributed by atoms with E-state index in [2.05, 4.69) is 16.7 Å². The van der Waals surface area contributed by atoms with Gasteiger partial charge in [0.15, 0.2) is 0 Å². The second-order valence-corrected chi connectivity index (χ2v) is 4.83. The summed E-state index contributed by atoms with van der Waals surface area (Å²) in [5.41, 5.74) is 1.71. The average Bonchev–Trinajstić information content (AvgIpc) is 2.40. The van der Waals surface area contributed by atoms with Gasteiger partial charge in [-0.3, -0.25) is 4.90 Å². The first kappa shape index (κ1) is 13.6. The third-order valence-electron chi connectivity index (χ3n) is 3.57. The molecule has 5 heteroatoms. The van der Waals surface area contributed by atoms with E-state index < -0.39 is 7.12 Å². The summed E-state index contributed by atoms with van der Waals surface area (Å²) in [7, 11) is -1.37. The van der Waals surface area contributed by atoms with E-state index in [1.165, 1.54) is 0 Å². The molecule has 2 N–H and O–H groups in total. The van der Waals surface area contributed by atoms with E-state index >= 15 is 0 Å². The van der Waals surface area contributed by atoms with Crippen molar-refractivity contribution in [3.8, 4) is 0 Å². The molecular formula is C13H21BN2O2. The third kappa shape index (κ3) is 3.56. The molecule has 1 heterocycles. The zero-order chi connectivity index (χ0) is 13.0. The molecule has 0 spiro atoms. The summed E-state index contributed by atoms with van der Waals surface area (Å²) in [5.74, 6) is 0. The maximum atomic E-state index is 9.16. The summed E-state index contributed by atoms with van der Waals surface area (Å²) in [4.78, 5) is 4.86. The summed E-state index contributed by atoms with van der Waals surface area (Å²) >= 11 is 0. The van der Waals surface area contributed by atoms with Crippen LogP contribution in [0.2, 0.25) is 0 Å². The Kier molecular flexibility index (Phi) is 4.77. The maximum absolute atomic E-state index is 9.16. The molecule has 18 heavy (non-hydrogen) atoms. The molecule has 1 aliphatic heterocycles. The van der Waals surface area contributed by atoms with E-state index in [9.17, 15) is 0 Å². The van der Waals surface area contributed by atoms with Crippen LogP contribution in [-0.4, -0.2) is 59.7 Å². The molecule has 2 rings (SSSR count). The molecule has 4 nitrogen and oxygen atoms in total. The summed E-state index contributed by atoms with van der Waals surface area (Å²) in [6, 6.07) is 7.53. The Morgan fingerprint density at radius 2 is 1.78 bits per heavy atom. The number of rotatable bonds is 4. The molecule has 0 amide bonds. The van der Waals surface area contributed by atoms with Crippen LogP contribution in [0.3, 0.4) is 0 Å². The monoisotopic (exact) mass is 248 g/mol. The fraction of sp³-hybridized carbons (Fsp3) is 0.538. The minimum atomic E-state index is -1.37. The lowest BCUT2D eigenvalue weighted by Gasteiger charge is -2.34. The van der Waals surface area contributed by atoms with Gasteiger partial charge in [-0.05, 0) is 17.6 Å². The second kappa shape index (κ2) is 6.34. The van der Waals surface area contributed by atoms with Gasteiger partial charge in [0.05, 0.1) is 0 Å². The summed E-state index contributed by atoms with van der Waals surface area (Å²) in [5, 5.41) is 18.3. The Hall–Kier alpha value is -0.875. The van der Waals surface area contributed by atoms with Crippen LogP contribution in [0.4, 0.5) is 0 Å². The molecule has 1 aliphatic rings. The number of piperazine rings is 1. The molecule has 0 saturated carbocycles. The van der Waals surface area contributed by atoms with Gasteiger partial charge in [0.1, 0.15) is 0 Å². The van der Waals surface area contributed by atoms with Gasteiger partial charge in [0.25, 0.3) is 0 Å². The second-order valence-electron chi connectivity index (χ2n) is 4.83. The van der Waals surface area contributed by atoms with Crippen LogP contribution >= 0.6 is 0 Å². The molecule has 0 atom stereocenters. The lowest BCUT2D eigenvalue weighted by molar-refractivity contribution is 0.132. The molecule has 0 unspecified atom stereocenters. The molecule has 1 aromatic carbocycles. The highest BCUT2D eigenvalue weighted by molar-refractivity contribution is 6.58. The fourth-order valence-electron chi connectivity index (χ4n) is 2.37. The van der Waals surface area contributed by atoms with Crippen molar-refractivity contribution in [2.75, 3.05) is 32.7 Å². The standard InChI is InChI=1S/C13H21BN2O2/c1-2-15-6-8-16(9-7-15)11-12-4-3-5-13(10-12)14(17)18/h3-5,10,17-18H,2,6-9,11H2,1H3. The van der Waals surface area contributed by atoms with Gasteiger partial charge in [0.2, 0.25) is 0 Å². The number of benzene rings is 1. The van der Waals surface area contributed by atoms with E-state index in [4.69, 9.17) is 10.0 Å². The Morgan fingerprint density at radius 3 is 2.39 bits per heavy atom. The van der Waals surface area contributed by atoms with Gasteiger partial charge in [-0.2, -0.15) is 0 Å². The molecule has 0 aliphatic carbocycles. The average molecular weight is 248 g/mol. The van der Waals surface area contributed by atoms with Crippen molar-refractivity contribution in [2.24, 2.45) is 0 Å². The highest BCUT2D eigenvalue weighted by Gasteiger charge is 2.16. The number of hydrogen-bond acceptors (Lipinski definition) is 4. The van der Waals surface area contributed by atoms with Crippen molar-refractivity contribution >= 4 is 12.6 Å². The SMILES string of the molecule is CCN1CCN(Cc2cccc(B(O)O)c2)CC1. The Balaban J connectivity index is 1.92. The van der Waals surface area contributed by atoms with E-state index in [1.54, 1.807) is 6.07 Å². The van der Waals surface area contributed by atoms with Crippen LogP contribution in [-0.2, 0) is 6.54 Å². The van der Waals surface area contributed by atoms with Gasteiger partial charge in [-0.15, -0.1) is 0 Å². The predicted molar refractivity (Wildman–Crippen MR) is 73.7 cm³/mol. The normalized spacial score (nSPS) is 17.9. The van der Waals surface area contributed by atoms with E-state index in [0.717, 1.165) is 44.8 Å². The smallest absolute Gasteiger partial charge is 0.423 e. The predicted octanol–water partition coefficient (Wildman–Crippen LogP) is -0.496. The van der Waals surface area contributed by atoms with Crippen LogP contribution in [0.1, 0.15) is 12.5 Å². The third-order valence-corrected chi connectivity index (χ3v) is 3.57. The zero-order valence-corrected chi connectivity index (χ0v) is 10.9. The highest BCUT2D eigenvalue weighted by atomic mass is 16.4. The molecule has 98 valence electrons. The molecule has 1 aromatic rings. The van der Waals surface area contributed by atoms with Crippen molar-refractivity contribution in [2.45, 2.75) is 13.5 Å². The highest BCUT2D eigenvalue weighted by Crippen LogP contribution is 2.07. The first-order valence-corrected chi connectivity index (χ1v) is 6.58. The number of hydrogen-bond donors (Lipinski definition) is 2. The van der Waals surface area contributed by atoms with Crippen LogP contribution in [0.25, 0.3) is 0 Å². The van der Waals surface area contributed by atoms with Crippen molar-refractivity contribution in [3.63, 3.8) is 0 Å². The maximum Gasteiger partial charge on any atom is 0.488 e. The van der Waals surface area contributed by atoms with Crippen molar-refractivity contribution in [1.82, 2.24) is 9.80 Å². The summed E-state index contributed by atoms with van der Waals surface area (Å²) in [6.07, 6.45) is 0. The van der Waals surface area contributed by atoms with Gasteiger partial charge >= 0.3 is 7.12 Å². The Labute approximate surface area is 109 Å². The van der Waals surface area contributed by atoms with Gasteiger partial charge in [-0.1, -0.05) is 31.2 Å². The fourth-order valence-corrected chi connectivity index (χ4v) is 2.37. The van der Waals surface area contributed by atoms with Gasteiger partial charge < -0.3 is 14.9 Å². The molecule has 0 radical (unpaired) electrons. The van der Waals surface area contributed by atoms with Crippen LogP contribution in [0.15, 0.2) is 24.3 Å². The summed E-state index contributed by atoms with van der Waals surface area (Å²) < 4.78 is 0. The van der Waals surface area contributed by atoms with E-state index in [-0.39, 0.29) is 0 Å². The van der Waals surface area contributed by atoms with Crippen LogP contribution < -0.4 is 5.46 Å². The van der Waals surface area contributed by atoms with Crippen molar-refractivity contribution < 1.29 is 10.0 Å². The first-order valence-electron chi connectivity index (χ1n) is 6.58. The number of likely N-dealkylation sites (N-methyl/N-ethyl adjacent to an activating group) is 1. The quantitative estimate of drug-likeness (QED) is 0.705. The minimum absolute atomic E-state index is 0.569. The lowest BCUT2D eigenvalue weighted by Crippen LogP contribution is -2.45. The lowest BCUT2D eigenvalue weighted by atomic mass is 9.79. The Morgan fingerprint density at radius 1 is 1.11 bits per heavy atom. The largest absolute Gasteiger partial charge is 0.488 e. The van der Waals surface area contributed by atoms with Gasteiger partial charge in [-0.25, -0.2) is 0 Å². The molecule has 0 aromatic heterocycles. The minimum Gasteiger partial charge on any atom is -0.423 e. The van der Waals surface area contributed by atoms with Crippen molar-refractivity contribution in [3.05, 3.63) is 29.8 Å². The van der Waals surface area contributed by atoms with Crippen LogP contribution in [0.5, 0.6) is 0 Å². The zero-order valence-electron chi connectivity index (χ0n) is 10.9. The van der Waals surface area contributed by atoms with Crippen molar-refractivity contribution in [1.29, 1.82) is 0 Å². The molecule has 1 fully saturated rings. The molecular weight excluding hydrogens is 227 g/mol. The molecule has 0 bridgehead atoms. The first-order chi connectivity index (χ1) is 8.69. The molecule has 1 saturated heterocycles. The van der Waals surface area contributed by atoms with Crippen LogP contribution in [0, 0.1) is 0 Å². The topological polar surface area (TPSA) is 46.9 Å². The van der Waals surface area contributed by atoms with E-state index in [0.29, 0.717) is 5.46 Å². The van der Waals surface area contributed by atoms with E-state index in [1.807, 2.05) is 18.2 Å². The van der Waals surface area contributed by atoms with Gasteiger partial charge in [0, 0.05) is 32.7 Å². The number of nitrogens with zero attached hydrogens (tertiary/aromatic N) is 2.